The van der Waals surface area contributed by atoms with Crippen LogP contribution in [0.3, 0.4) is 0 Å². The maximum absolute atomic E-state index is 12.7. The molecule has 2 N–H and O–H groups in total. The maximum atomic E-state index is 12.7. The average molecular weight is 287 g/mol. The highest BCUT2D eigenvalue weighted by Gasteiger charge is 2.31. The van der Waals surface area contributed by atoms with Crippen LogP contribution in [0.2, 0.25) is 0 Å². The van der Waals surface area contributed by atoms with Crippen LogP contribution in [0.1, 0.15) is 11.1 Å². The molecule has 2 rings (SSSR count). The van der Waals surface area contributed by atoms with Gasteiger partial charge in [0, 0.05) is 38.8 Å². The maximum Gasteiger partial charge on any atom is 0.416 e. The van der Waals surface area contributed by atoms with Gasteiger partial charge in [-0.2, -0.15) is 13.2 Å². The average Bonchev–Trinajstić information content (AvgIpc) is 2.40. The Labute approximate surface area is 117 Å². The monoisotopic (exact) mass is 287 g/mol. The van der Waals surface area contributed by atoms with Gasteiger partial charge in [-0.15, -0.1) is 0 Å². The Morgan fingerprint density at radius 3 is 2.70 bits per heavy atom. The van der Waals surface area contributed by atoms with E-state index in [2.05, 4.69) is 9.80 Å². The van der Waals surface area contributed by atoms with Gasteiger partial charge in [0.25, 0.3) is 0 Å². The SMILES string of the molecule is CN1CCN(Cc2cccc(C(F)(F)F)c2)C(CN)C1. The number of hydrogen-bond acceptors (Lipinski definition) is 3. The third-order valence-electron chi connectivity index (χ3n) is 3.72. The van der Waals surface area contributed by atoms with Gasteiger partial charge >= 0.3 is 6.18 Å². The number of hydrogen-bond donors (Lipinski definition) is 1. The highest BCUT2D eigenvalue weighted by molar-refractivity contribution is 5.25. The van der Waals surface area contributed by atoms with Crippen molar-refractivity contribution in [3.8, 4) is 0 Å². The summed E-state index contributed by atoms with van der Waals surface area (Å²) in [6, 6.07) is 5.73. The number of alkyl halides is 3. The summed E-state index contributed by atoms with van der Waals surface area (Å²) in [5.41, 5.74) is 5.85. The molecule has 1 unspecified atom stereocenters. The van der Waals surface area contributed by atoms with Crippen molar-refractivity contribution in [1.29, 1.82) is 0 Å². The van der Waals surface area contributed by atoms with Crippen molar-refractivity contribution in [2.24, 2.45) is 5.73 Å². The van der Waals surface area contributed by atoms with E-state index >= 15 is 0 Å². The number of nitrogens with zero attached hydrogens (tertiary/aromatic N) is 2. The number of benzene rings is 1. The minimum atomic E-state index is -4.29. The lowest BCUT2D eigenvalue weighted by Gasteiger charge is -2.39. The topological polar surface area (TPSA) is 32.5 Å². The fourth-order valence-electron chi connectivity index (χ4n) is 2.56. The molecule has 0 saturated carbocycles. The molecule has 1 aromatic rings. The molecule has 1 heterocycles. The van der Waals surface area contributed by atoms with Crippen molar-refractivity contribution in [3.63, 3.8) is 0 Å². The molecule has 6 heteroatoms. The summed E-state index contributed by atoms with van der Waals surface area (Å²) >= 11 is 0. The summed E-state index contributed by atoms with van der Waals surface area (Å²) in [5.74, 6) is 0. The van der Waals surface area contributed by atoms with Gasteiger partial charge in [-0.3, -0.25) is 4.90 Å². The fraction of sp³-hybridized carbons (Fsp3) is 0.571. The van der Waals surface area contributed by atoms with Crippen LogP contribution >= 0.6 is 0 Å². The largest absolute Gasteiger partial charge is 0.416 e. The van der Waals surface area contributed by atoms with Crippen molar-refractivity contribution in [1.82, 2.24) is 9.80 Å². The number of halogens is 3. The molecule has 1 fully saturated rings. The van der Waals surface area contributed by atoms with Crippen molar-refractivity contribution in [2.45, 2.75) is 18.8 Å². The molecular weight excluding hydrogens is 267 g/mol. The van der Waals surface area contributed by atoms with E-state index in [-0.39, 0.29) is 6.04 Å². The molecule has 0 radical (unpaired) electrons. The Hall–Kier alpha value is -1.11. The van der Waals surface area contributed by atoms with Crippen molar-refractivity contribution >= 4 is 0 Å². The van der Waals surface area contributed by atoms with Crippen molar-refractivity contribution < 1.29 is 13.2 Å². The zero-order chi connectivity index (χ0) is 14.8. The van der Waals surface area contributed by atoms with Gasteiger partial charge in [0.1, 0.15) is 0 Å². The minimum Gasteiger partial charge on any atom is -0.329 e. The summed E-state index contributed by atoms with van der Waals surface area (Å²) in [5, 5.41) is 0. The Balaban J connectivity index is 2.09. The van der Waals surface area contributed by atoms with Crippen LogP contribution < -0.4 is 5.73 Å². The zero-order valence-corrected chi connectivity index (χ0v) is 11.5. The molecule has 1 atom stereocenters. The highest BCUT2D eigenvalue weighted by Crippen LogP contribution is 2.29. The van der Waals surface area contributed by atoms with Gasteiger partial charge in [-0.05, 0) is 18.7 Å². The first kappa shape index (κ1) is 15.3. The number of piperazine rings is 1. The van der Waals surface area contributed by atoms with E-state index in [1.54, 1.807) is 6.07 Å². The van der Waals surface area contributed by atoms with Gasteiger partial charge in [0.05, 0.1) is 5.56 Å². The van der Waals surface area contributed by atoms with E-state index in [4.69, 9.17) is 5.73 Å². The third-order valence-corrected chi connectivity index (χ3v) is 3.72. The van der Waals surface area contributed by atoms with Crippen LogP contribution in [-0.2, 0) is 12.7 Å². The quantitative estimate of drug-likeness (QED) is 0.920. The van der Waals surface area contributed by atoms with E-state index < -0.39 is 11.7 Å². The Bertz CT molecular complexity index is 448. The van der Waals surface area contributed by atoms with E-state index in [1.807, 2.05) is 7.05 Å². The van der Waals surface area contributed by atoms with Gasteiger partial charge in [-0.25, -0.2) is 0 Å². The first-order chi connectivity index (χ1) is 9.40. The molecule has 0 bridgehead atoms. The molecule has 0 spiro atoms. The summed E-state index contributed by atoms with van der Waals surface area (Å²) in [6.07, 6.45) is -4.29. The van der Waals surface area contributed by atoms with Gasteiger partial charge in [-0.1, -0.05) is 18.2 Å². The predicted molar refractivity (Wildman–Crippen MR) is 72.2 cm³/mol. The molecular formula is C14H20F3N3. The van der Waals surface area contributed by atoms with Crippen molar-refractivity contribution in [3.05, 3.63) is 35.4 Å². The lowest BCUT2D eigenvalue weighted by Crippen LogP contribution is -2.54. The van der Waals surface area contributed by atoms with Crippen LogP contribution in [0.25, 0.3) is 0 Å². The van der Waals surface area contributed by atoms with Gasteiger partial charge in [0.15, 0.2) is 0 Å². The van der Waals surface area contributed by atoms with Crippen LogP contribution in [0.5, 0.6) is 0 Å². The highest BCUT2D eigenvalue weighted by atomic mass is 19.4. The van der Waals surface area contributed by atoms with E-state index in [0.717, 1.165) is 25.7 Å². The third kappa shape index (κ3) is 3.71. The Morgan fingerprint density at radius 1 is 1.30 bits per heavy atom. The van der Waals surface area contributed by atoms with E-state index in [9.17, 15) is 13.2 Å². The first-order valence-electron chi connectivity index (χ1n) is 6.69. The number of rotatable bonds is 3. The fourth-order valence-corrected chi connectivity index (χ4v) is 2.56. The zero-order valence-electron chi connectivity index (χ0n) is 11.5. The van der Waals surface area contributed by atoms with E-state index in [0.29, 0.717) is 18.7 Å². The molecule has 1 saturated heterocycles. The van der Waals surface area contributed by atoms with Crippen LogP contribution in [0.4, 0.5) is 13.2 Å². The molecule has 112 valence electrons. The second-order valence-corrected chi connectivity index (χ2v) is 5.32. The molecule has 0 aliphatic carbocycles. The summed E-state index contributed by atoms with van der Waals surface area (Å²) in [6.45, 7) is 3.63. The predicted octanol–water partition coefficient (Wildman–Crippen LogP) is 1.78. The van der Waals surface area contributed by atoms with Gasteiger partial charge < -0.3 is 10.6 Å². The molecule has 1 aliphatic rings. The Morgan fingerprint density at radius 2 is 2.05 bits per heavy atom. The standard InChI is InChI=1S/C14H20F3N3/c1-19-5-6-20(13(8-18)10-19)9-11-3-2-4-12(7-11)14(15,16)17/h2-4,7,13H,5-6,8-10,18H2,1H3. The van der Waals surface area contributed by atoms with Crippen LogP contribution in [-0.4, -0.2) is 49.1 Å². The lowest BCUT2D eigenvalue weighted by atomic mass is 10.1. The number of likely N-dealkylation sites (N-methyl/N-ethyl adjacent to an activating group) is 1. The minimum absolute atomic E-state index is 0.197. The first-order valence-corrected chi connectivity index (χ1v) is 6.69. The van der Waals surface area contributed by atoms with Gasteiger partial charge in [0.2, 0.25) is 0 Å². The second kappa shape index (κ2) is 6.11. The lowest BCUT2D eigenvalue weighted by molar-refractivity contribution is -0.137. The van der Waals surface area contributed by atoms with E-state index in [1.165, 1.54) is 12.1 Å². The second-order valence-electron chi connectivity index (χ2n) is 5.32. The smallest absolute Gasteiger partial charge is 0.329 e. The molecule has 0 amide bonds. The van der Waals surface area contributed by atoms with Crippen LogP contribution in [0.15, 0.2) is 24.3 Å². The summed E-state index contributed by atoms with van der Waals surface area (Å²) < 4.78 is 38.1. The molecule has 0 aromatic heterocycles. The molecule has 1 aromatic carbocycles. The molecule has 3 nitrogen and oxygen atoms in total. The summed E-state index contributed by atoms with van der Waals surface area (Å²) in [7, 11) is 2.03. The normalized spacial score (nSPS) is 22.1. The molecule has 1 aliphatic heterocycles. The summed E-state index contributed by atoms with van der Waals surface area (Å²) in [4.78, 5) is 4.36. The van der Waals surface area contributed by atoms with Crippen molar-refractivity contribution in [2.75, 3.05) is 33.2 Å². The molecule has 20 heavy (non-hydrogen) atoms. The van der Waals surface area contributed by atoms with Crippen LogP contribution in [0, 0.1) is 0 Å². The number of nitrogens with two attached hydrogens (primary N) is 1. The Kier molecular flexibility index (Phi) is 4.67.